The number of carbonyl (C=O) groups excluding carboxylic acids is 1. The SMILES string of the molecule is CCC(C)C(C)C(=O)N1C[C@H]2COCC[C@@]2(C(=O)O)C1. The number of hydrogen-bond acceptors (Lipinski definition) is 3. The van der Waals surface area contributed by atoms with Crippen LogP contribution < -0.4 is 0 Å². The first-order valence-electron chi connectivity index (χ1n) is 7.52. The van der Waals surface area contributed by atoms with Gasteiger partial charge in [0.1, 0.15) is 0 Å². The van der Waals surface area contributed by atoms with Crippen LogP contribution in [0.4, 0.5) is 0 Å². The molecule has 1 amide bonds. The first-order valence-corrected chi connectivity index (χ1v) is 7.52. The lowest BCUT2D eigenvalue weighted by atomic mass is 9.74. The summed E-state index contributed by atoms with van der Waals surface area (Å²) in [6.45, 7) is 7.89. The van der Waals surface area contributed by atoms with Crippen molar-refractivity contribution in [3.8, 4) is 0 Å². The van der Waals surface area contributed by atoms with Gasteiger partial charge in [0.25, 0.3) is 0 Å². The molecule has 0 aliphatic carbocycles. The van der Waals surface area contributed by atoms with Gasteiger partial charge in [-0.15, -0.1) is 0 Å². The van der Waals surface area contributed by atoms with E-state index >= 15 is 0 Å². The highest BCUT2D eigenvalue weighted by Gasteiger charge is 2.55. The largest absolute Gasteiger partial charge is 0.481 e. The van der Waals surface area contributed by atoms with Crippen molar-refractivity contribution in [2.75, 3.05) is 26.3 Å². The van der Waals surface area contributed by atoms with Crippen LogP contribution in [-0.4, -0.2) is 48.2 Å². The highest BCUT2D eigenvalue weighted by atomic mass is 16.5. The van der Waals surface area contributed by atoms with Gasteiger partial charge in [-0.2, -0.15) is 0 Å². The summed E-state index contributed by atoms with van der Waals surface area (Å²) >= 11 is 0. The van der Waals surface area contributed by atoms with E-state index < -0.39 is 11.4 Å². The maximum atomic E-state index is 12.5. The predicted octanol–water partition coefficient (Wildman–Crippen LogP) is 1.62. The fourth-order valence-electron chi connectivity index (χ4n) is 3.35. The Bertz CT molecular complexity index is 397. The minimum absolute atomic E-state index is 0.0492. The topological polar surface area (TPSA) is 66.8 Å². The lowest BCUT2D eigenvalue weighted by Crippen LogP contribution is -2.45. The number of carboxylic acids is 1. The molecule has 2 saturated heterocycles. The van der Waals surface area contributed by atoms with Gasteiger partial charge in [0, 0.05) is 31.5 Å². The first kappa shape index (κ1) is 15.3. The molecule has 4 atom stereocenters. The molecule has 0 aromatic carbocycles. The van der Waals surface area contributed by atoms with Crippen molar-refractivity contribution in [1.82, 2.24) is 4.90 Å². The Kier molecular flexibility index (Phi) is 4.37. The summed E-state index contributed by atoms with van der Waals surface area (Å²) in [7, 11) is 0. The van der Waals surface area contributed by atoms with Gasteiger partial charge in [-0.3, -0.25) is 9.59 Å². The number of likely N-dealkylation sites (tertiary alicyclic amines) is 1. The normalized spacial score (nSPS) is 32.5. The van der Waals surface area contributed by atoms with Crippen LogP contribution in [-0.2, 0) is 14.3 Å². The second-order valence-electron chi connectivity index (χ2n) is 6.38. The molecule has 5 heteroatoms. The van der Waals surface area contributed by atoms with E-state index in [2.05, 4.69) is 13.8 Å². The number of amides is 1. The summed E-state index contributed by atoms with van der Waals surface area (Å²) in [6, 6.07) is 0. The predicted molar refractivity (Wildman–Crippen MR) is 74.2 cm³/mol. The molecule has 114 valence electrons. The average Bonchev–Trinajstić information content (AvgIpc) is 2.85. The molecule has 0 radical (unpaired) electrons. The zero-order valence-corrected chi connectivity index (χ0v) is 12.6. The molecule has 0 saturated carbocycles. The Balaban J connectivity index is 2.13. The monoisotopic (exact) mass is 283 g/mol. The molecule has 0 spiro atoms. The van der Waals surface area contributed by atoms with Gasteiger partial charge in [-0.1, -0.05) is 27.2 Å². The second-order valence-corrected chi connectivity index (χ2v) is 6.38. The molecule has 5 nitrogen and oxygen atoms in total. The van der Waals surface area contributed by atoms with Gasteiger partial charge >= 0.3 is 5.97 Å². The van der Waals surface area contributed by atoms with Crippen LogP contribution in [0.3, 0.4) is 0 Å². The Morgan fingerprint density at radius 2 is 2.15 bits per heavy atom. The molecule has 20 heavy (non-hydrogen) atoms. The van der Waals surface area contributed by atoms with Gasteiger partial charge in [0.2, 0.25) is 5.91 Å². The summed E-state index contributed by atoms with van der Waals surface area (Å²) in [5, 5.41) is 9.60. The van der Waals surface area contributed by atoms with Crippen molar-refractivity contribution >= 4 is 11.9 Å². The third kappa shape index (κ3) is 2.43. The minimum Gasteiger partial charge on any atom is -0.481 e. The summed E-state index contributed by atoms with van der Waals surface area (Å²) in [4.78, 5) is 26.0. The third-order valence-corrected chi connectivity index (χ3v) is 5.33. The molecule has 2 heterocycles. The Morgan fingerprint density at radius 1 is 1.45 bits per heavy atom. The third-order valence-electron chi connectivity index (χ3n) is 5.33. The Hall–Kier alpha value is -1.10. The maximum Gasteiger partial charge on any atom is 0.311 e. The summed E-state index contributed by atoms with van der Waals surface area (Å²) < 4.78 is 5.41. The quantitative estimate of drug-likeness (QED) is 0.851. The molecule has 2 fully saturated rings. The van der Waals surface area contributed by atoms with E-state index in [1.54, 1.807) is 4.90 Å². The van der Waals surface area contributed by atoms with Gasteiger partial charge in [-0.25, -0.2) is 0 Å². The second kappa shape index (κ2) is 5.72. The molecular formula is C15H25NO4. The van der Waals surface area contributed by atoms with E-state index in [1.165, 1.54) is 0 Å². The number of rotatable bonds is 4. The van der Waals surface area contributed by atoms with Crippen molar-refractivity contribution < 1.29 is 19.4 Å². The van der Waals surface area contributed by atoms with E-state index in [1.807, 2.05) is 6.92 Å². The molecule has 2 rings (SSSR count). The molecule has 0 bridgehead atoms. The van der Waals surface area contributed by atoms with Crippen LogP contribution in [0.1, 0.15) is 33.6 Å². The van der Waals surface area contributed by atoms with Gasteiger partial charge in [0.15, 0.2) is 0 Å². The highest BCUT2D eigenvalue weighted by Crippen LogP contribution is 2.43. The van der Waals surface area contributed by atoms with Crippen molar-refractivity contribution in [3.63, 3.8) is 0 Å². The summed E-state index contributed by atoms with van der Waals surface area (Å²) in [5.74, 6) is -0.484. The smallest absolute Gasteiger partial charge is 0.311 e. The maximum absolute atomic E-state index is 12.5. The van der Waals surface area contributed by atoms with Crippen LogP contribution >= 0.6 is 0 Å². The van der Waals surface area contributed by atoms with Gasteiger partial charge in [0.05, 0.1) is 12.0 Å². The molecular weight excluding hydrogens is 258 g/mol. The van der Waals surface area contributed by atoms with Crippen molar-refractivity contribution in [3.05, 3.63) is 0 Å². The van der Waals surface area contributed by atoms with E-state index in [9.17, 15) is 14.7 Å². The fraction of sp³-hybridized carbons (Fsp3) is 0.867. The van der Waals surface area contributed by atoms with Gasteiger partial charge in [-0.05, 0) is 12.3 Å². The summed E-state index contributed by atoms with van der Waals surface area (Å²) in [6.07, 6.45) is 1.46. The standard InChI is InChI=1S/C15H25NO4/c1-4-10(2)11(3)13(17)16-7-12-8-20-6-5-15(12,9-16)14(18)19/h10-12H,4-9H2,1-3H3,(H,18,19)/t10?,11?,12-,15+/m0/s1. The molecule has 2 aliphatic rings. The van der Waals surface area contributed by atoms with Crippen molar-refractivity contribution in [2.45, 2.75) is 33.6 Å². The van der Waals surface area contributed by atoms with Crippen LogP contribution in [0.25, 0.3) is 0 Å². The average molecular weight is 283 g/mol. The lowest BCUT2D eigenvalue weighted by molar-refractivity contribution is -0.157. The first-order chi connectivity index (χ1) is 9.42. The zero-order chi connectivity index (χ0) is 14.9. The van der Waals surface area contributed by atoms with Gasteiger partial charge < -0.3 is 14.7 Å². The summed E-state index contributed by atoms with van der Waals surface area (Å²) in [5.41, 5.74) is -0.789. The van der Waals surface area contributed by atoms with Crippen molar-refractivity contribution in [1.29, 1.82) is 0 Å². The number of ether oxygens (including phenoxy) is 1. The van der Waals surface area contributed by atoms with Crippen molar-refractivity contribution in [2.24, 2.45) is 23.2 Å². The Morgan fingerprint density at radius 3 is 2.70 bits per heavy atom. The molecule has 0 aromatic rings. The van der Waals surface area contributed by atoms with E-state index in [0.29, 0.717) is 38.6 Å². The van der Waals surface area contributed by atoms with Crippen LogP contribution in [0.5, 0.6) is 0 Å². The number of carbonyl (C=O) groups is 2. The fourth-order valence-corrected chi connectivity index (χ4v) is 3.35. The molecule has 1 N–H and O–H groups in total. The lowest BCUT2D eigenvalue weighted by Gasteiger charge is -2.34. The van der Waals surface area contributed by atoms with E-state index in [4.69, 9.17) is 4.74 Å². The minimum atomic E-state index is -0.789. The number of fused-ring (bicyclic) bond motifs is 1. The van der Waals surface area contributed by atoms with Crippen LogP contribution in [0, 0.1) is 23.2 Å². The number of nitrogens with zero attached hydrogens (tertiary/aromatic N) is 1. The number of carboxylic acid groups (broad SMARTS) is 1. The van der Waals surface area contributed by atoms with Crippen LogP contribution in [0.15, 0.2) is 0 Å². The van der Waals surface area contributed by atoms with E-state index in [-0.39, 0.29) is 17.7 Å². The zero-order valence-electron chi connectivity index (χ0n) is 12.6. The molecule has 2 unspecified atom stereocenters. The number of aliphatic carboxylic acids is 1. The Labute approximate surface area is 120 Å². The molecule has 2 aliphatic heterocycles. The molecule has 0 aromatic heterocycles. The van der Waals surface area contributed by atoms with E-state index in [0.717, 1.165) is 6.42 Å². The highest BCUT2D eigenvalue weighted by molar-refractivity contribution is 5.82. The van der Waals surface area contributed by atoms with Crippen LogP contribution in [0.2, 0.25) is 0 Å². The number of hydrogen-bond donors (Lipinski definition) is 1.